The molecule has 0 bridgehead atoms. The number of anilines is 1. The molecule has 1 saturated heterocycles. The minimum atomic E-state index is -0.156. The second kappa shape index (κ2) is 8.26. The molecule has 8 heteroatoms. The molecule has 1 atom stereocenters. The summed E-state index contributed by atoms with van der Waals surface area (Å²) in [6.07, 6.45) is 3.88. The number of hydrogen-bond acceptors (Lipinski definition) is 4. The number of benzene rings is 1. The molecule has 0 saturated carbocycles. The molecule has 5 rings (SSSR count). The molecule has 2 aliphatic heterocycles. The quantitative estimate of drug-likeness (QED) is 0.670. The van der Waals surface area contributed by atoms with Crippen LogP contribution in [-0.4, -0.2) is 44.4 Å². The Balaban J connectivity index is 1.22. The van der Waals surface area contributed by atoms with Crippen molar-refractivity contribution in [2.24, 2.45) is 0 Å². The van der Waals surface area contributed by atoms with Crippen molar-refractivity contribution in [1.82, 2.24) is 19.5 Å². The van der Waals surface area contributed by atoms with E-state index in [2.05, 4.69) is 16.1 Å². The van der Waals surface area contributed by atoms with Crippen molar-refractivity contribution in [1.29, 1.82) is 0 Å². The van der Waals surface area contributed by atoms with Gasteiger partial charge in [-0.15, -0.1) is 0 Å². The van der Waals surface area contributed by atoms with Crippen molar-refractivity contribution in [3.05, 3.63) is 63.7 Å². The minimum Gasteiger partial charge on any atom is -0.334 e. The molecular weight excluding hydrogens is 406 g/mol. The monoisotopic (exact) mass is 433 g/mol. The highest BCUT2D eigenvalue weighted by molar-refractivity contribution is 5.95. The number of nitrogens with one attached hydrogen (secondary N) is 1. The van der Waals surface area contributed by atoms with Gasteiger partial charge in [-0.1, -0.05) is 18.2 Å². The van der Waals surface area contributed by atoms with Crippen molar-refractivity contribution >= 4 is 23.1 Å². The number of aromatic nitrogens is 3. The van der Waals surface area contributed by atoms with E-state index < -0.39 is 0 Å². The van der Waals surface area contributed by atoms with Crippen molar-refractivity contribution in [3.8, 4) is 0 Å². The maximum absolute atomic E-state index is 13.0. The fourth-order valence-electron chi connectivity index (χ4n) is 4.95. The molecule has 2 aromatic heterocycles. The van der Waals surface area contributed by atoms with Crippen LogP contribution in [0.1, 0.15) is 55.1 Å². The summed E-state index contributed by atoms with van der Waals surface area (Å²) in [5, 5.41) is 3.13. The average Bonchev–Trinajstić information content (AvgIpc) is 3.50. The summed E-state index contributed by atoms with van der Waals surface area (Å²) < 4.78 is 1.43. The van der Waals surface area contributed by atoms with Crippen LogP contribution in [0.15, 0.2) is 41.2 Å². The summed E-state index contributed by atoms with van der Waals surface area (Å²) in [4.78, 5) is 46.0. The topological polar surface area (TPSA) is 90.8 Å². The van der Waals surface area contributed by atoms with Crippen LogP contribution in [-0.2, 0) is 16.0 Å². The van der Waals surface area contributed by atoms with E-state index in [0.717, 1.165) is 30.6 Å². The second-order valence-electron chi connectivity index (χ2n) is 8.66. The highest BCUT2D eigenvalue weighted by Crippen LogP contribution is 2.32. The third-order valence-electron chi connectivity index (χ3n) is 6.50. The van der Waals surface area contributed by atoms with E-state index in [4.69, 9.17) is 0 Å². The van der Waals surface area contributed by atoms with E-state index in [1.165, 1.54) is 16.1 Å². The third-order valence-corrected chi connectivity index (χ3v) is 6.50. The molecule has 0 radical (unpaired) electrons. The van der Waals surface area contributed by atoms with Gasteiger partial charge < -0.3 is 9.80 Å². The average molecular weight is 434 g/mol. The summed E-state index contributed by atoms with van der Waals surface area (Å²) in [6.45, 7) is 3.20. The molecule has 2 aliphatic rings. The first-order valence-electron chi connectivity index (χ1n) is 11.3. The standard InChI is InChI=1S/C24H27N5O3/c1-16-14-24(32)29-21(25-16)15-18(26-29)20-8-5-12-27(20)22(30)9-4-10-23(31)28-13-11-17-6-2-3-7-19(17)28/h2-3,6-7,14-15,20,26H,4-5,8-13H2,1H3. The minimum absolute atomic E-state index is 0.0530. The van der Waals surface area contributed by atoms with Gasteiger partial charge in [0.15, 0.2) is 5.65 Å². The number of aromatic amines is 1. The highest BCUT2D eigenvalue weighted by Gasteiger charge is 2.31. The van der Waals surface area contributed by atoms with Crippen LogP contribution in [0.4, 0.5) is 5.69 Å². The number of rotatable bonds is 5. The molecule has 8 nitrogen and oxygen atoms in total. The summed E-state index contributed by atoms with van der Waals surface area (Å²) in [5.74, 6) is 0.134. The largest absolute Gasteiger partial charge is 0.334 e. The highest BCUT2D eigenvalue weighted by atomic mass is 16.2. The molecular formula is C24H27N5O3. The summed E-state index contributed by atoms with van der Waals surface area (Å²) in [6, 6.07) is 11.3. The molecule has 0 aliphatic carbocycles. The van der Waals surface area contributed by atoms with Gasteiger partial charge in [-0.05, 0) is 44.2 Å². The Bertz CT molecular complexity index is 1240. The van der Waals surface area contributed by atoms with Gasteiger partial charge in [-0.2, -0.15) is 0 Å². The van der Waals surface area contributed by atoms with Crippen molar-refractivity contribution in [3.63, 3.8) is 0 Å². The second-order valence-corrected chi connectivity index (χ2v) is 8.66. The Morgan fingerprint density at radius 2 is 1.94 bits per heavy atom. The number of hydrogen-bond donors (Lipinski definition) is 1. The smallest absolute Gasteiger partial charge is 0.272 e. The lowest BCUT2D eigenvalue weighted by molar-refractivity contribution is -0.132. The zero-order chi connectivity index (χ0) is 22.2. The number of aryl methyl sites for hydroxylation is 1. The summed E-state index contributed by atoms with van der Waals surface area (Å²) in [7, 11) is 0. The van der Waals surface area contributed by atoms with Gasteiger partial charge in [-0.3, -0.25) is 19.5 Å². The van der Waals surface area contributed by atoms with Gasteiger partial charge in [-0.25, -0.2) is 9.50 Å². The fraction of sp³-hybridized carbons (Fsp3) is 0.417. The molecule has 32 heavy (non-hydrogen) atoms. The molecule has 1 unspecified atom stereocenters. The van der Waals surface area contributed by atoms with Gasteiger partial charge in [0.25, 0.3) is 5.56 Å². The van der Waals surface area contributed by atoms with E-state index in [9.17, 15) is 14.4 Å². The normalized spacial score (nSPS) is 17.8. The molecule has 1 N–H and O–H groups in total. The number of fused-ring (bicyclic) bond motifs is 2. The first-order chi connectivity index (χ1) is 15.5. The molecule has 2 amide bonds. The van der Waals surface area contributed by atoms with Crippen LogP contribution in [0.3, 0.4) is 0 Å². The fourth-order valence-corrected chi connectivity index (χ4v) is 4.95. The molecule has 1 fully saturated rings. The van der Waals surface area contributed by atoms with E-state index >= 15 is 0 Å². The van der Waals surface area contributed by atoms with Gasteiger partial charge >= 0.3 is 0 Å². The van der Waals surface area contributed by atoms with Gasteiger partial charge in [0.1, 0.15) is 0 Å². The SMILES string of the molecule is Cc1cc(=O)n2[nH]c(C3CCCN3C(=O)CCCC(=O)N3CCc4ccccc43)cc2n1. The van der Waals surface area contributed by atoms with E-state index in [1.54, 1.807) is 6.92 Å². The summed E-state index contributed by atoms with van der Waals surface area (Å²) in [5.41, 5.74) is 4.12. The molecule has 3 aromatic rings. The Morgan fingerprint density at radius 3 is 2.81 bits per heavy atom. The molecule has 1 aromatic carbocycles. The third kappa shape index (κ3) is 3.70. The van der Waals surface area contributed by atoms with Crippen molar-refractivity contribution in [2.45, 2.75) is 51.5 Å². The van der Waals surface area contributed by atoms with Gasteiger partial charge in [0.05, 0.1) is 11.7 Å². The zero-order valence-corrected chi connectivity index (χ0v) is 18.2. The Hall–Kier alpha value is -3.42. The number of amides is 2. The van der Waals surface area contributed by atoms with Crippen LogP contribution in [0, 0.1) is 6.92 Å². The van der Waals surface area contributed by atoms with Crippen molar-refractivity contribution < 1.29 is 9.59 Å². The molecule has 166 valence electrons. The van der Waals surface area contributed by atoms with Crippen LogP contribution in [0.25, 0.3) is 5.65 Å². The lowest BCUT2D eigenvalue weighted by Crippen LogP contribution is -2.32. The Labute approximate surface area is 185 Å². The number of likely N-dealkylation sites (tertiary alicyclic amines) is 1. The first-order valence-corrected chi connectivity index (χ1v) is 11.3. The maximum Gasteiger partial charge on any atom is 0.272 e. The van der Waals surface area contributed by atoms with Crippen LogP contribution >= 0.6 is 0 Å². The Kier molecular flexibility index (Phi) is 5.28. The maximum atomic E-state index is 13.0. The van der Waals surface area contributed by atoms with Crippen LogP contribution in [0.2, 0.25) is 0 Å². The lowest BCUT2D eigenvalue weighted by Gasteiger charge is -2.24. The zero-order valence-electron chi connectivity index (χ0n) is 18.2. The first kappa shape index (κ1) is 20.5. The van der Waals surface area contributed by atoms with E-state index in [1.807, 2.05) is 34.1 Å². The Morgan fingerprint density at radius 1 is 1.12 bits per heavy atom. The molecule has 0 spiro atoms. The predicted octanol–water partition coefficient (Wildman–Crippen LogP) is 2.75. The van der Waals surface area contributed by atoms with Crippen molar-refractivity contribution in [2.75, 3.05) is 18.0 Å². The molecule has 4 heterocycles. The van der Waals surface area contributed by atoms with Gasteiger partial charge in [0, 0.05) is 49.4 Å². The summed E-state index contributed by atoms with van der Waals surface area (Å²) >= 11 is 0. The van der Waals surface area contributed by atoms with Crippen LogP contribution < -0.4 is 10.5 Å². The van der Waals surface area contributed by atoms with Gasteiger partial charge in [0.2, 0.25) is 11.8 Å². The number of para-hydroxylation sites is 1. The van der Waals surface area contributed by atoms with E-state index in [-0.39, 0.29) is 23.4 Å². The number of H-pyrrole nitrogens is 1. The van der Waals surface area contributed by atoms with Crippen LogP contribution in [0.5, 0.6) is 0 Å². The van der Waals surface area contributed by atoms with E-state index in [0.29, 0.717) is 43.7 Å². The lowest BCUT2D eigenvalue weighted by atomic mass is 10.1. The number of nitrogens with zero attached hydrogens (tertiary/aromatic N) is 4. The number of carbonyl (C=O) groups is 2. The number of carbonyl (C=O) groups excluding carboxylic acids is 2. The predicted molar refractivity (Wildman–Crippen MR) is 121 cm³/mol.